The first-order chi connectivity index (χ1) is 13.5. The van der Waals surface area contributed by atoms with Crippen LogP contribution >= 0.6 is 0 Å². The number of hydrogen-bond acceptors (Lipinski definition) is 4. The van der Waals surface area contributed by atoms with Gasteiger partial charge in [0.05, 0.1) is 13.0 Å². The van der Waals surface area contributed by atoms with Crippen LogP contribution in [0.2, 0.25) is 0 Å². The Kier molecular flexibility index (Phi) is 8.34. The van der Waals surface area contributed by atoms with Crippen molar-refractivity contribution >= 4 is 11.9 Å². The monoisotopic (exact) mass is 385 g/mol. The molecule has 6 heteroatoms. The second-order valence-electron chi connectivity index (χ2n) is 6.49. The molecule has 0 aliphatic heterocycles. The van der Waals surface area contributed by atoms with Gasteiger partial charge >= 0.3 is 5.97 Å². The van der Waals surface area contributed by atoms with Gasteiger partial charge in [-0.2, -0.15) is 0 Å². The van der Waals surface area contributed by atoms with Gasteiger partial charge in [0.15, 0.2) is 11.5 Å². The highest BCUT2D eigenvalue weighted by molar-refractivity contribution is 5.80. The van der Waals surface area contributed by atoms with E-state index in [1.54, 1.807) is 0 Å². The second-order valence-corrected chi connectivity index (χ2v) is 6.49. The normalized spacial score (nSPS) is 10.4. The number of carboxylic acids is 1. The summed E-state index contributed by atoms with van der Waals surface area (Å²) in [4.78, 5) is 22.1. The van der Waals surface area contributed by atoms with Crippen molar-refractivity contribution in [2.75, 3.05) is 13.2 Å². The van der Waals surface area contributed by atoms with Crippen molar-refractivity contribution in [2.45, 2.75) is 39.7 Å². The number of rotatable bonds is 11. The number of nitrogens with one attached hydrogen (secondary N) is 1. The molecule has 0 bridgehead atoms. The van der Waals surface area contributed by atoms with Gasteiger partial charge in [-0.15, -0.1) is 0 Å². The summed E-state index contributed by atoms with van der Waals surface area (Å²) in [5.74, 6) is 0.116. The maximum atomic E-state index is 11.6. The van der Waals surface area contributed by atoms with Crippen LogP contribution in [0.15, 0.2) is 42.5 Å². The van der Waals surface area contributed by atoms with Crippen molar-refractivity contribution in [3.05, 3.63) is 59.2 Å². The van der Waals surface area contributed by atoms with E-state index in [4.69, 9.17) is 14.6 Å². The lowest BCUT2D eigenvalue weighted by Crippen LogP contribution is -2.26. The van der Waals surface area contributed by atoms with Crippen LogP contribution in [0.4, 0.5) is 0 Å². The quantitative estimate of drug-likeness (QED) is 0.618. The van der Waals surface area contributed by atoms with Crippen molar-refractivity contribution in [1.82, 2.24) is 5.32 Å². The molecule has 2 aromatic carbocycles. The fraction of sp³-hybridized carbons (Fsp3) is 0.364. The van der Waals surface area contributed by atoms with Crippen LogP contribution in [0.3, 0.4) is 0 Å². The van der Waals surface area contributed by atoms with Crippen LogP contribution in [-0.4, -0.2) is 30.1 Å². The van der Waals surface area contributed by atoms with Gasteiger partial charge in [0.25, 0.3) is 0 Å². The molecule has 1 amide bonds. The molecular weight excluding hydrogens is 358 g/mol. The Balaban J connectivity index is 1.92. The predicted octanol–water partition coefficient (Wildman–Crippen LogP) is 3.50. The zero-order valence-electron chi connectivity index (χ0n) is 16.4. The largest absolute Gasteiger partial charge is 0.490 e. The molecule has 0 aliphatic carbocycles. The summed E-state index contributed by atoms with van der Waals surface area (Å²) in [5, 5.41) is 11.3. The number of carboxylic acid groups (broad SMARTS) is 1. The molecule has 0 fully saturated rings. The van der Waals surface area contributed by atoms with E-state index in [0.29, 0.717) is 37.7 Å². The van der Waals surface area contributed by atoms with Gasteiger partial charge < -0.3 is 19.9 Å². The van der Waals surface area contributed by atoms with Gasteiger partial charge in [-0.25, -0.2) is 0 Å². The van der Waals surface area contributed by atoms with Gasteiger partial charge in [0, 0.05) is 13.0 Å². The summed E-state index contributed by atoms with van der Waals surface area (Å²) in [6.07, 6.45) is 0.454. The average molecular weight is 385 g/mol. The SMILES string of the molecule is CCOc1cc(CCNC(=O)CCC(=O)O)ccc1OCc1cccc(C)c1. The summed E-state index contributed by atoms with van der Waals surface area (Å²) >= 11 is 0. The first-order valence-electron chi connectivity index (χ1n) is 9.40. The van der Waals surface area contributed by atoms with Crippen molar-refractivity contribution in [3.8, 4) is 11.5 Å². The van der Waals surface area contributed by atoms with E-state index in [-0.39, 0.29) is 18.7 Å². The number of benzene rings is 2. The number of carbonyl (C=O) groups excluding carboxylic acids is 1. The number of carbonyl (C=O) groups is 2. The summed E-state index contributed by atoms with van der Waals surface area (Å²) in [6, 6.07) is 13.9. The number of aryl methyl sites for hydroxylation is 1. The van der Waals surface area contributed by atoms with Crippen LogP contribution < -0.4 is 14.8 Å². The highest BCUT2D eigenvalue weighted by Gasteiger charge is 2.09. The summed E-state index contributed by atoms with van der Waals surface area (Å²) < 4.78 is 11.6. The molecule has 2 rings (SSSR count). The number of hydrogen-bond donors (Lipinski definition) is 2. The number of ether oxygens (including phenoxy) is 2. The topological polar surface area (TPSA) is 84.9 Å². The lowest BCUT2D eigenvalue weighted by Gasteiger charge is -2.14. The first kappa shape index (κ1) is 21.3. The van der Waals surface area contributed by atoms with Crippen molar-refractivity contribution in [2.24, 2.45) is 0 Å². The first-order valence-corrected chi connectivity index (χ1v) is 9.40. The molecule has 2 aromatic rings. The zero-order valence-corrected chi connectivity index (χ0v) is 16.4. The minimum Gasteiger partial charge on any atom is -0.490 e. The minimum absolute atomic E-state index is 0.00866. The summed E-state index contributed by atoms with van der Waals surface area (Å²) in [5.41, 5.74) is 3.28. The van der Waals surface area contributed by atoms with E-state index in [1.165, 1.54) is 5.56 Å². The van der Waals surface area contributed by atoms with Crippen LogP contribution in [0.1, 0.15) is 36.5 Å². The smallest absolute Gasteiger partial charge is 0.303 e. The molecule has 0 aliphatic rings. The lowest BCUT2D eigenvalue weighted by atomic mass is 10.1. The third kappa shape index (κ3) is 7.31. The molecule has 2 N–H and O–H groups in total. The molecule has 0 radical (unpaired) electrons. The molecule has 0 heterocycles. The highest BCUT2D eigenvalue weighted by Crippen LogP contribution is 2.29. The number of aliphatic carboxylic acids is 1. The van der Waals surface area contributed by atoms with Gasteiger partial charge in [0.2, 0.25) is 5.91 Å². The third-order valence-corrected chi connectivity index (χ3v) is 4.09. The van der Waals surface area contributed by atoms with E-state index < -0.39 is 5.97 Å². The Bertz CT molecular complexity index is 803. The Morgan fingerprint density at radius 1 is 1.00 bits per heavy atom. The molecule has 0 spiro atoms. The van der Waals surface area contributed by atoms with Crippen molar-refractivity contribution < 1.29 is 24.2 Å². The summed E-state index contributed by atoms with van der Waals surface area (Å²) in [7, 11) is 0. The van der Waals surface area contributed by atoms with Crippen LogP contribution in [-0.2, 0) is 22.6 Å². The van der Waals surface area contributed by atoms with Gasteiger partial charge in [-0.3, -0.25) is 9.59 Å². The maximum absolute atomic E-state index is 11.6. The van der Waals surface area contributed by atoms with Gasteiger partial charge in [0.1, 0.15) is 6.61 Å². The minimum atomic E-state index is -0.974. The van der Waals surface area contributed by atoms with E-state index in [9.17, 15) is 9.59 Å². The fourth-order valence-corrected chi connectivity index (χ4v) is 2.71. The molecule has 6 nitrogen and oxygen atoms in total. The van der Waals surface area contributed by atoms with Crippen LogP contribution in [0.25, 0.3) is 0 Å². The van der Waals surface area contributed by atoms with Crippen molar-refractivity contribution in [1.29, 1.82) is 0 Å². The Hall–Kier alpha value is -3.02. The molecule has 150 valence electrons. The third-order valence-electron chi connectivity index (χ3n) is 4.09. The Labute approximate surface area is 165 Å². The average Bonchev–Trinajstić information content (AvgIpc) is 2.66. The lowest BCUT2D eigenvalue weighted by molar-refractivity contribution is -0.138. The maximum Gasteiger partial charge on any atom is 0.303 e. The Morgan fingerprint density at radius 3 is 2.54 bits per heavy atom. The Morgan fingerprint density at radius 2 is 1.82 bits per heavy atom. The van der Waals surface area contributed by atoms with E-state index in [2.05, 4.69) is 11.4 Å². The van der Waals surface area contributed by atoms with E-state index in [1.807, 2.05) is 50.2 Å². The predicted molar refractivity (Wildman–Crippen MR) is 107 cm³/mol. The van der Waals surface area contributed by atoms with Crippen molar-refractivity contribution in [3.63, 3.8) is 0 Å². The van der Waals surface area contributed by atoms with Crippen LogP contribution in [0.5, 0.6) is 11.5 Å². The van der Waals surface area contributed by atoms with Crippen LogP contribution in [0, 0.1) is 6.92 Å². The van der Waals surface area contributed by atoms with Gasteiger partial charge in [-0.05, 0) is 43.5 Å². The van der Waals surface area contributed by atoms with E-state index in [0.717, 1.165) is 11.1 Å². The summed E-state index contributed by atoms with van der Waals surface area (Å²) in [6.45, 7) is 5.38. The molecule has 28 heavy (non-hydrogen) atoms. The fourth-order valence-electron chi connectivity index (χ4n) is 2.71. The molecular formula is C22H27NO5. The molecule has 0 atom stereocenters. The standard InChI is InChI=1S/C22H27NO5/c1-3-27-20-14-17(11-12-23-21(24)9-10-22(25)26)7-8-19(20)28-15-18-6-4-5-16(2)13-18/h4-8,13-14H,3,9-12,15H2,1-2H3,(H,23,24)(H,25,26). The van der Waals surface area contributed by atoms with E-state index >= 15 is 0 Å². The second kappa shape index (κ2) is 11.0. The zero-order chi connectivity index (χ0) is 20.4. The molecule has 0 saturated carbocycles. The van der Waals surface area contributed by atoms with Gasteiger partial charge in [-0.1, -0.05) is 35.9 Å². The molecule has 0 aromatic heterocycles. The molecule has 0 saturated heterocycles. The highest BCUT2D eigenvalue weighted by atomic mass is 16.5. The number of amides is 1. The molecule has 0 unspecified atom stereocenters.